The zero-order chi connectivity index (χ0) is 43.3. The average Bonchev–Trinajstić information content (AvgIpc) is 3.95. The standard InChI is InChI=1S/C61H42N2O2/c1-41-23-40-55-53-18-9-11-22-58(53)65-61(55)59(41)63(49-15-6-3-7-16-49)51-38-34-47(35-39-51)45-30-26-43(27-31-45)42-24-28-44(29-25-42)46-32-36-50(37-33-46)62(48-13-4-2-5-14-48)56-20-12-19-54-52-17-8-10-21-57(52)64-60(54)56/h2-40H,1H3. The van der Waals surface area contributed by atoms with Crippen molar-refractivity contribution in [1.29, 1.82) is 0 Å². The predicted octanol–water partition coefficient (Wildman–Crippen LogP) is 17.7. The van der Waals surface area contributed by atoms with E-state index >= 15 is 0 Å². The third-order valence-corrected chi connectivity index (χ3v) is 12.6. The average molecular weight is 835 g/mol. The Morgan fingerprint density at radius 3 is 1.15 bits per heavy atom. The van der Waals surface area contributed by atoms with Crippen molar-refractivity contribution < 1.29 is 8.83 Å². The molecule has 0 aliphatic heterocycles. The minimum absolute atomic E-state index is 0.873. The maximum Gasteiger partial charge on any atom is 0.159 e. The van der Waals surface area contributed by atoms with Crippen LogP contribution in [0.15, 0.2) is 245 Å². The van der Waals surface area contributed by atoms with Crippen molar-refractivity contribution in [3.63, 3.8) is 0 Å². The van der Waals surface area contributed by atoms with Crippen LogP contribution in [0.4, 0.5) is 34.1 Å². The topological polar surface area (TPSA) is 32.8 Å². The number of nitrogens with zero attached hydrogens (tertiary/aromatic N) is 2. The van der Waals surface area contributed by atoms with E-state index in [0.29, 0.717) is 0 Å². The zero-order valence-electron chi connectivity index (χ0n) is 35.7. The Balaban J connectivity index is 0.801. The number of aryl methyl sites for hydroxylation is 1. The Morgan fingerprint density at radius 2 is 0.646 bits per heavy atom. The maximum atomic E-state index is 6.57. The molecule has 0 spiro atoms. The van der Waals surface area contributed by atoms with Crippen LogP contribution in [0.1, 0.15) is 5.56 Å². The van der Waals surface area contributed by atoms with Gasteiger partial charge in [0.25, 0.3) is 0 Å². The minimum atomic E-state index is 0.873. The van der Waals surface area contributed by atoms with E-state index in [0.717, 1.165) is 94.7 Å². The van der Waals surface area contributed by atoms with Gasteiger partial charge in [-0.15, -0.1) is 0 Å². The summed E-state index contributed by atoms with van der Waals surface area (Å²) in [5.74, 6) is 0. The van der Waals surface area contributed by atoms with Crippen LogP contribution in [-0.4, -0.2) is 0 Å². The third-order valence-electron chi connectivity index (χ3n) is 12.6. The number of hydrogen-bond acceptors (Lipinski definition) is 4. The number of fused-ring (bicyclic) bond motifs is 6. The summed E-state index contributed by atoms with van der Waals surface area (Å²) >= 11 is 0. The van der Waals surface area contributed by atoms with Gasteiger partial charge in [0.1, 0.15) is 11.2 Å². The van der Waals surface area contributed by atoms with Crippen LogP contribution in [-0.2, 0) is 0 Å². The molecule has 308 valence electrons. The lowest BCUT2D eigenvalue weighted by atomic mass is 9.97. The van der Waals surface area contributed by atoms with Gasteiger partial charge < -0.3 is 18.6 Å². The highest BCUT2D eigenvalue weighted by Gasteiger charge is 2.22. The van der Waals surface area contributed by atoms with Crippen LogP contribution in [0.25, 0.3) is 77.3 Å². The fourth-order valence-electron chi connectivity index (χ4n) is 9.36. The fourth-order valence-corrected chi connectivity index (χ4v) is 9.36. The zero-order valence-corrected chi connectivity index (χ0v) is 35.7. The van der Waals surface area contributed by atoms with Gasteiger partial charge in [-0.3, -0.25) is 0 Å². The van der Waals surface area contributed by atoms with Gasteiger partial charge in [0.2, 0.25) is 0 Å². The quantitative estimate of drug-likeness (QED) is 0.145. The van der Waals surface area contributed by atoms with Crippen LogP contribution >= 0.6 is 0 Å². The van der Waals surface area contributed by atoms with E-state index in [9.17, 15) is 0 Å². The lowest BCUT2D eigenvalue weighted by Gasteiger charge is -2.27. The summed E-state index contributed by atoms with van der Waals surface area (Å²) in [6.07, 6.45) is 0. The molecule has 12 aromatic rings. The van der Waals surface area contributed by atoms with E-state index in [-0.39, 0.29) is 0 Å². The van der Waals surface area contributed by atoms with Crippen molar-refractivity contribution in [1.82, 2.24) is 0 Å². The maximum absolute atomic E-state index is 6.57. The van der Waals surface area contributed by atoms with E-state index in [1.54, 1.807) is 0 Å². The van der Waals surface area contributed by atoms with Gasteiger partial charge >= 0.3 is 0 Å². The van der Waals surface area contributed by atoms with Crippen LogP contribution in [0.5, 0.6) is 0 Å². The van der Waals surface area contributed by atoms with Crippen molar-refractivity contribution in [2.45, 2.75) is 6.92 Å². The molecule has 12 rings (SSSR count). The summed E-state index contributed by atoms with van der Waals surface area (Å²) < 4.78 is 13.1. The van der Waals surface area contributed by atoms with E-state index < -0.39 is 0 Å². The lowest BCUT2D eigenvalue weighted by Crippen LogP contribution is -2.11. The first-order chi connectivity index (χ1) is 32.1. The second kappa shape index (κ2) is 15.9. The number of anilines is 6. The molecule has 2 aromatic heterocycles. The Bertz CT molecular complexity index is 3630. The molecule has 10 aromatic carbocycles. The van der Waals surface area contributed by atoms with Crippen LogP contribution in [0.3, 0.4) is 0 Å². The molecule has 0 N–H and O–H groups in total. The molecule has 0 unspecified atom stereocenters. The summed E-state index contributed by atoms with van der Waals surface area (Å²) in [5.41, 5.74) is 18.0. The van der Waals surface area contributed by atoms with Crippen LogP contribution in [0.2, 0.25) is 0 Å². The first kappa shape index (κ1) is 38.1. The molecule has 0 bridgehead atoms. The summed E-state index contributed by atoms with van der Waals surface area (Å²) in [4.78, 5) is 4.59. The molecule has 0 atom stereocenters. The molecule has 0 amide bonds. The first-order valence-electron chi connectivity index (χ1n) is 22.1. The molecular weight excluding hydrogens is 793 g/mol. The molecule has 0 fully saturated rings. The molecule has 65 heavy (non-hydrogen) atoms. The molecule has 0 aliphatic carbocycles. The minimum Gasteiger partial charge on any atom is -0.454 e. The molecular formula is C61H42N2O2. The van der Waals surface area contributed by atoms with Gasteiger partial charge in [-0.05, 0) is 113 Å². The van der Waals surface area contributed by atoms with Gasteiger partial charge in [-0.1, -0.05) is 170 Å². The third kappa shape index (κ3) is 6.80. The highest BCUT2D eigenvalue weighted by Crippen LogP contribution is 2.45. The molecule has 4 heteroatoms. The molecule has 0 saturated heterocycles. The first-order valence-corrected chi connectivity index (χ1v) is 22.1. The fraction of sp³-hybridized carbons (Fsp3) is 0.0164. The van der Waals surface area contributed by atoms with Gasteiger partial charge in [-0.25, -0.2) is 0 Å². The van der Waals surface area contributed by atoms with Crippen LogP contribution in [0, 0.1) is 6.92 Å². The predicted molar refractivity (Wildman–Crippen MR) is 271 cm³/mol. The molecule has 0 aliphatic rings. The summed E-state index contributed by atoms with van der Waals surface area (Å²) in [5, 5.41) is 4.46. The van der Waals surface area contributed by atoms with E-state index in [1.807, 2.05) is 24.3 Å². The summed E-state index contributed by atoms with van der Waals surface area (Å²) in [6.45, 7) is 2.16. The highest BCUT2D eigenvalue weighted by atomic mass is 16.3. The van der Waals surface area contributed by atoms with Crippen molar-refractivity contribution in [2.24, 2.45) is 0 Å². The van der Waals surface area contributed by atoms with Crippen molar-refractivity contribution in [3.05, 3.63) is 242 Å². The normalized spacial score (nSPS) is 11.5. The molecule has 0 saturated carbocycles. The van der Waals surface area contributed by atoms with Gasteiger partial charge in [0.05, 0.1) is 11.4 Å². The molecule has 4 nitrogen and oxygen atoms in total. The second-order valence-corrected chi connectivity index (χ2v) is 16.5. The monoisotopic (exact) mass is 834 g/mol. The van der Waals surface area contributed by atoms with Gasteiger partial charge in [-0.2, -0.15) is 0 Å². The highest BCUT2D eigenvalue weighted by molar-refractivity contribution is 6.12. The smallest absolute Gasteiger partial charge is 0.159 e. The Kier molecular flexibility index (Phi) is 9.35. The van der Waals surface area contributed by atoms with Crippen molar-refractivity contribution >= 4 is 78.0 Å². The SMILES string of the molecule is Cc1ccc2c(oc3ccccc32)c1N(c1ccccc1)c1ccc(-c2ccc(-c3ccc(-c4ccc(N(c5ccccc5)c5cccc6c5oc5ccccc56)cc4)cc3)cc2)cc1. The molecule has 2 heterocycles. The van der Waals surface area contributed by atoms with Gasteiger partial charge in [0.15, 0.2) is 11.2 Å². The lowest BCUT2D eigenvalue weighted by molar-refractivity contribution is 0.668. The number of furan rings is 2. The van der Waals surface area contributed by atoms with E-state index in [1.165, 1.54) is 22.3 Å². The number of para-hydroxylation sites is 5. The van der Waals surface area contributed by atoms with Crippen LogP contribution < -0.4 is 9.80 Å². The number of benzene rings is 10. The second-order valence-electron chi connectivity index (χ2n) is 16.5. The largest absolute Gasteiger partial charge is 0.454 e. The van der Waals surface area contributed by atoms with Crippen molar-refractivity contribution in [3.8, 4) is 33.4 Å². The Hall–Kier alpha value is -8.60. The summed E-state index contributed by atoms with van der Waals surface area (Å²) in [6, 6.07) is 83.7. The number of rotatable bonds is 9. The van der Waals surface area contributed by atoms with Gasteiger partial charge in [0, 0.05) is 44.3 Å². The Morgan fingerprint density at radius 1 is 0.277 bits per heavy atom. The summed E-state index contributed by atoms with van der Waals surface area (Å²) in [7, 11) is 0. The molecule has 0 radical (unpaired) electrons. The Labute approximate surface area is 377 Å². The van der Waals surface area contributed by atoms with E-state index in [2.05, 4.69) is 229 Å². The van der Waals surface area contributed by atoms with Crippen molar-refractivity contribution in [2.75, 3.05) is 9.80 Å². The van der Waals surface area contributed by atoms with E-state index in [4.69, 9.17) is 8.83 Å². The number of hydrogen-bond donors (Lipinski definition) is 0.